The molecule has 1 aromatic heterocycles. The standard InChI is InChI=1S/C22H18ClN5O2/c23-17-2-1-3-18(9-17)27-12-22(30)28(13-21(27)29)20(19-11-25-14-26-19)8-15-4-6-16(10-24)7-5-15/h1-7,9,11,14,20H,8,12-13H2,(H,25,26). The van der Waals surface area contributed by atoms with E-state index in [-0.39, 0.29) is 30.9 Å². The van der Waals surface area contributed by atoms with Crippen LogP contribution in [0.5, 0.6) is 0 Å². The Morgan fingerprint density at radius 1 is 1.13 bits per heavy atom. The molecule has 3 aromatic rings. The van der Waals surface area contributed by atoms with Crippen LogP contribution in [0.3, 0.4) is 0 Å². The third-order valence-corrected chi connectivity index (χ3v) is 5.34. The first-order chi connectivity index (χ1) is 14.5. The number of aromatic amines is 1. The summed E-state index contributed by atoms with van der Waals surface area (Å²) in [5, 5.41) is 9.50. The van der Waals surface area contributed by atoms with E-state index in [1.807, 2.05) is 12.1 Å². The number of benzene rings is 2. The molecule has 1 fully saturated rings. The first kappa shape index (κ1) is 19.7. The summed E-state index contributed by atoms with van der Waals surface area (Å²) < 4.78 is 0. The normalized spacial score (nSPS) is 15.2. The van der Waals surface area contributed by atoms with Crippen LogP contribution in [0.2, 0.25) is 5.02 Å². The number of rotatable bonds is 5. The summed E-state index contributed by atoms with van der Waals surface area (Å²) in [4.78, 5) is 36.1. The molecule has 1 aliphatic heterocycles. The van der Waals surface area contributed by atoms with E-state index < -0.39 is 0 Å². The fourth-order valence-electron chi connectivity index (χ4n) is 3.57. The molecule has 0 bridgehead atoms. The molecule has 30 heavy (non-hydrogen) atoms. The maximum atomic E-state index is 13.1. The fourth-order valence-corrected chi connectivity index (χ4v) is 3.76. The number of H-pyrrole nitrogens is 1. The van der Waals surface area contributed by atoms with Crippen molar-refractivity contribution in [3.63, 3.8) is 0 Å². The van der Waals surface area contributed by atoms with E-state index in [0.29, 0.717) is 22.7 Å². The zero-order chi connectivity index (χ0) is 21.1. The van der Waals surface area contributed by atoms with Gasteiger partial charge in [-0.25, -0.2) is 4.98 Å². The van der Waals surface area contributed by atoms with Crippen molar-refractivity contribution in [2.45, 2.75) is 12.5 Å². The van der Waals surface area contributed by atoms with Crippen molar-refractivity contribution in [3.05, 3.63) is 82.9 Å². The summed E-state index contributed by atoms with van der Waals surface area (Å²) in [5.41, 5.74) is 2.87. The van der Waals surface area contributed by atoms with Crippen LogP contribution in [0.1, 0.15) is 22.9 Å². The Balaban J connectivity index is 1.59. The van der Waals surface area contributed by atoms with Gasteiger partial charge in [0.1, 0.15) is 13.1 Å². The van der Waals surface area contributed by atoms with E-state index in [9.17, 15) is 9.59 Å². The first-order valence-corrected chi connectivity index (χ1v) is 9.75. The Morgan fingerprint density at radius 3 is 2.60 bits per heavy atom. The topological polar surface area (TPSA) is 93.1 Å². The number of nitriles is 1. The van der Waals surface area contributed by atoms with E-state index in [1.54, 1.807) is 53.8 Å². The van der Waals surface area contributed by atoms with E-state index >= 15 is 0 Å². The van der Waals surface area contributed by atoms with Crippen LogP contribution in [0.15, 0.2) is 61.1 Å². The predicted octanol–water partition coefficient (Wildman–Crippen LogP) is 3.09. The summed E-state index contributed by atoms with van der Waals surface area (Å²) >= 11 is 6.04. The third-order valence-electron chi connectivity index (χ3n) is 5.11. The second kappa shape index (κ2) is 8.39. The molecule has 0 aliphatic carbocycles. The molecule has 0 saturated carbocycles. The number of carbonyl (C=O) groups excluding carboxylic acids is 2. The van der Waals surface area contributed by atoms with Crippen molar-refractivity contribution >= 4 is 29.1 Å². The highest BCUT2D eigenvalue weighted by molar-refractivity contribution is 6.31. The minimum absolute atomic E-state index is 0.0503. The summed E-state index contributed by atoms with van der Waals surface area (Å²) in [6.45, 7) is -0.109. The molecule has 0 radical (unpaired) electrons. The molecule has 2 amide bonds. The molecular formula is C22H18ClN5O2. The molecule has 1 unspecified atom stereocenters. The van der Waals surface area contributed by atoms with Gasteiger partial charge in [-0.1, -0.05) is 29.8 Å². The van der Waals surface area contributed by atoms with Gasteiger partial charge >= 0.3 is 0 Å². The van der Waals surface area contributed by atoms with Crippen LogP contribution in [-0.2, 0) is 16.0 Å². The van der Waals surface area contributed by atoms with Gasteiger partial charge in [-0.2, -0.15) is 5.26 Å². The zero-order valence-corrected chi connectivity index (χ0v) is 16.7. The largest absolute Gasteiger partial charge is 0.347 e. The maximum Gasteiger partial charge on any atom is 0.247 e. The van der Waals surface area contributed by atoms with Gasteiger partial charge in [0, 0.05) is 10.7 Å². The average molecular weight is 420 g/mol. The summed E-state index contributed by atoms with van der Waals surface area (Å²) in [6, 6.07) is 15.8. The smallest absolute Gasteiger partial charge is 0.247 e. The highest BCUT2D eigenvalue weighted by atomic mass is 35.5. The lowest BCUT2D eigenvalue weighted by Gasteiger charge is -2.38. The van der Waals surface area contributed by atoms with Crippen LogP contribution in [-0.4, -0.2) is 39.8 Å². The second-order valence-electron chi connectivity index (χ2n) is 7.02. The molecule has 1 atom stereocenters. The van der Waals surface area contributed by atoms with Gasteiger partial charge in [-0.05, 0) is 42.3 Å². The Morgan fingerprint density at radius 2 is 1.93 bits per heavy atom. The average Bonchev–Trinajstić information content (AvgIpc) is 3.28. The second-order valence-corrected chi connectivity index (χ2v) is 7.45. The minimum Gasteiger partial charge on any atom is -0.347 e. The lowest BCUT2D eigenvalue weighted by molar-refractivity contribution is -0.140. The number of hydrogen-bond donors (Lipinski definition) is 1. The van der Waals surface area contributed by atoms with Crippen molar-refractivity contribution in [2.24, 2.45) is 0 Å². The van der Waals surface area contributed by atoms with Gasteiger partial charge in [0.05, 0.1) is 35.9 Å². The number of nitrogens with one attached hydrogen (secondary N) is 1. The molecule has 2 heterocycles. The highest BCUT2D eigenvalue weighted by Crippen LogP contribution is 2.28. The molecule has 2 aromatic carbocycles. The van der Waals surface area contributed by atoms with Crippen molar-refractivity contribution in [1.29, 1.82) is 5.26 Å². The molecule has 7 nitrogen and oxygen atoms in total. The molecule has 8 heteroatoms. The van der Waals surface area contributed by atoms with Gasteiger partial charge in [0.2, 0.25) is 11.8 Å². The van der Waals surface area contributed by atoms with Gasteiger partial charge in [0.15, 0.2) is 0 Å². The van der Waals surface area contributed by atoms with Crippen molar-refractivity contribution in [3.8, 4) is 6.07 Å². The van der Waals surface area contributed by atoms with E-state index in [2.05, 4.69) is 16.0 Å². The van der Waals surface area contributed by atoms with Crippen LogP contribution in [0.25, 0.3) is 0 Å². The Hall–Kier alpha value is -3.63. The SMILES string of the molecule is N#Cc1ccc(CC(c2cnc[nH]2)N2CC(=O)N(c3cccc(Cl)c3)CC2=O)cc1. The molecule has 150 valence electrons. The summed E-state index contributed by atoms with van der Waals surface area (Å²) in [5.74, 6) is -0.343. The number of amides is 2. The highest BCUT2D eigenvalue weighted by Gasteiger charge is 2.36. The van der Waals surface area contributed by atoms with Crippen LogP contribution < -0.4 is 4.90 Å². The maximum absolute atomic E-state index is 13.1. The van der Waals surface area contributed by atoms with Gasteiger partial charge in [-0.15, -0.1) is 0 Å². The van der Waals surface area contributed by atoms with Crippen LogP contribution >= 0.6 is 11.6 Å². The Labute approximate surface area is 178 Å². The fraction of sp³-hybridized carbons (Fsp3) is 0.182. The zero-order valence-electron chi connectivity index (χ0n) is 16.0. The predicted molar refractivity (Wildman–Crippen MR) is 112 cm³/mol. The number of imidazole rings is 1. The van der Waals surface area contributed by atoms with E-state index in [0.717, 1.165) is 11.3 Å². The number of hydrogen-bond acceptors (Lipinski definition) is 4. The van der Waals surface area contributed by atoms with Crippen molar-refractivity contribution in [1.82, 2.24) is 14.9 Å². The molecular weight excluding hydrogens is 402 g/mol. The quantitative estimate of drug-likeness (QED) is 0.687. The lowest BCUT2D eigenvalue weighted by Crippen LogP contribution is -2.55. The molecule has 1 saturated heterocycles. The third kappa shape index (κ3) is 4.04. The van der Waals surface area contributed by atoms with E-state index in [1.165, 1.54) is 4.90 Å². The van der Waals surface area contributed by atoms with Crippen LogP contribution in [0.4, 0.5) is 5.69 Å². The minimum atomic E-state index is -0.376. The number of nitrogens with zero attached hydrogens (tertiary/aromatic N) is 4. The Bertz CT molecular complexity index is 1110. The number of halogens is 1. The first-order valence-electron chi connectivity index (χ1n) is 9.38. The summed E-state index contributed by atoms with van der Waals surface area (Å²) in [6.07, 6.45) is 3.70. The van der Waals surface area contributed by atoms with Gasteiger partial charge in [0.25, 0.3) is 0 Å². The molecule has 4 rings (SSSR count). The lowest BCUT2D eigenvalue weighted by atomic mass is 10.00. The number of piperazine rings is 1. The van der Waals surface area contributed by atoms with Crippen molar-refractivity contribution in [2.75, 3.05) is 18.0 Å². The van der Waals surface area contributed by atoms with Gasteiger partial charge < -0.3 is 14.8 Å². The number of anilines is 1. The van der Waals surface area contributed by atoms with E-state index in [4.69, 9.17) is 16.9 Å². The molecule has 0 spiro atoms. The summed E-state index contributed by atoms with van der Waals surface area (Å²) in [7, 11) is 0. The molecule has 1 N–H and O–H groups in total. The molecule has 1 aliphatic rings. The number of carbonyl (C=O) groups is 2. The van der Waals surface area contributed by atoms with Crippen LogP contribution in [0, 0.1) is 11.3 Å². The Kier molecular flexibility index (Phi) is 5.50. The van der Waals surface area contributed by atoms with Crippen molar-refractivity contribution < 1.29 is 9.59 Å². The van der Waals surface area contributed by atoms with Gasteiger partial charge in [-0.3, -0.25) is 9.59 Å². The monoisotopic (exact) mass is 419 g/mol. The number of aromatic nitrogens is 2.